The third-order valence-corrected chi connectivity index (χ3v) is 2.29. The smallest absolute Gasteiger partial charge is 0.294 e. The number of carbonyl (C=O) groups is 2. The van der Waals surface area contributed by atoms with Crippen LogP contribution >= 0.6 is 0 Å². The van der Waals surface area contributed by atoms with E-state index in [9.17, 15) is 22.8 Å². The molecule has 0 spiro atoms. The number of halogens is 3. The highest BCUT2D eigenvalue weighted by molar-refractivity contribution is 6.09. The number of hydrogen-bond acceptors (Lipinski definition) is 2. The van der Waals surface area contributed by atoms with Gasteiger partial charge in [-0.1, -0.05) is 6.08 Å². The van der Waals surface area contributed by atoms with Crippen LogP contribution in [0.5, 0.6) is 0 Å². The topological polar surface area (TPSA) is 34.1 Å². The van der Waals surface area contributed by atoms with Crippen molar-refractivity contribution in [3.05, 3.63) is 11.6 Å². The molecule has 1 aliphatic carbocycles. The van der Waals surface area contributed by atoms with Crippen molar-refractivity contribution in [2.24, 2.45) is 0 Å². The van der Waals surface area contributed by atoms with Crippen LogP contribution in [0.2, 0.25) is 0 Å². The summed E-state index contributed by atoms with van der Waals surface area (Å²) in [7, 11) is 0. The van der Waals surface area contributed by atoms with Crippen molar-refractivity contribution < 1.29 is 22.8 Å². The van der Waals surface area contributed by atoms with E-state index in [0.29, 0.717) is 18.4 Å². The Kier molecular flexibility index (Phi) is 3.66. The lowest BCUT2D eigenvalue weighted by Crippen LogP contribution is -2.26. The van der Waals surface area contributed by atoms with Crippen LogP contribution in [0.3, 0.4) is 0 Å². The number of hydrogen-bond donors (Lipinski definition) is 0. The van der Waals surface area contributed by atoms with Gasteiger partial charge in [-0.05, 0) is 31.3 Å². The predicted octanol–water partition coefficient (Wildman–Crippen LogP) is 2.58. The summed E-state index contributed by atoms with van der Waals surface area (Å²) >= 11 is 0. The van der Waals surface area contributed by atoms with Crippen LogP contribution < -0.4 is 0 Å². The van der Waals surface area contributed by atoms with Crippen LogP contribution in [-0.2, 0) is 9.59 Å². The van der Waals surface area contributed by atoms with Crippen molar-refractivity contribution in [1.82, 2.24) is 0 Å². The third kappa shape index (κ3) is 3.49. The van der Waals surface area contributed by atoms with Gasteiger partial charge < -0.3 is 0 Å². The van der Waals surface area contributed by atoms with Gasteiger partial charge in [-0.2, -0.15) is 13.2 Å². The minimum Gasteiger partial charge on any atom is -0.294 e. The number of allylic oxidation sites excluding steroid dienone is 2. The van der Waals surface area contributed by atoms with Gasteiger partial charge in [0.1, 0.15) is 0 Å². The molecule has 0 aliphatic heterocycles. The molecule has 0 amide bonds. The first kappa shape index (κ1) is 11.9. The van der Waals surface area contributed by atoms with Crippen molar-refractivity contribution in [2.45, 2.75) is 38.3 Å². The Labute approximate surface area is 85.1 Å². The molecule has 0 saturated carbocycles. The van der Waals surface area contributed by atoms with Crippen molar-refractivity contribution in [1.29, 1.82) is 0 Å². The van der Waals surface area contributed by atoms with Gasteiger partial charge >= 0.3 is 6.18 Å². The summed E-state index contributed by atoms with van der Waals surface area (Å²) in [4.78, 5) is 21.8. The average Bonchev–Trinajstić information content (AvgIpc) is 2.17. The lowest BCUT2D eigenvalue weighted by molar-refractivity contribution is -0.171. The van der Waals surface area contributed by atoms with Crippen molar-refractivity contribution >= 4 is 11.6 Å². The first-order valence-electron chi connectivity index (χ1n) is 4.73. The largest absolute Gasteiger partial charge is 0.450 e. The zero-order valence-electron chi connectivity index (χ0n) is 8.06. The summed E-state index contributed by atoms with van der Waals surface area (Å²) in [6, 6.07) is 0. The molecular weight excluding hydrogens is 209 g/mol. The second-order valence-corrected chi connectivity index (χ2v) is 3.50. The van der Waals surface area contributed by atoms with E-state index in [-0.39, 0.29) is 0 Å². The zero-order valence-corrected chi connectivity index (χ0v) is 8.06. The lowest BCUT2D eigenvalue weighted by Gasteiger charge is -2.11. The quantitative estimate of drug-likeness (QED) is 0.685. The van der Waals surface area contributed by atoms with E-state index < -0.39 is 24.2 Å². The number of rotatable bonds is 3. The minimum absolute atomic E-state index is 0.374. The molecule has 0 aromatic heterocycles. The number of carbonyl (C=O) groups excluding carboxylic acids is 2. The molecule has 0 bridgehead atoms. The second-order valence-electron chi connectivity index (χ2n) is 3.50. The molecule has 5 heteroatoms. The summed E-state index contributed by atoms with van der Waals surface area (Å²) in [6.07, 6.45) is -1.36. The van der Waals surface area contributed by atoms with E-state index in [0.717, 1.165) is 12.8 Å². The first-order chi connectivity index (χ1) is 6.91. The van der Waals surface area contributed by atoms with Gasteiger partial charge in [-0.15, -0.1) is 0 Å². The molecule has 0 aromatic carbocycles. The molecule has 0 aromatic rings. The lowest BCUT2D eigenvalue weighted by atomic mass is 9.94. The van der Waals surface area contributed by atoms with Crippen molar-refractivity contribution in [2.75, 3.05) is 0 Å². The fourth-order valence-electron chi connectivity index (χ4n) is 1.45. The zero-order chi connectivity index (χ0) is 11.5. The van der Waals surface area contributed by atoms with E-state index >= 15 is 0 Å². The molecule has 0 N–H and O–H groups in total. The highest BCUT2D eigenvalue weighted by Gasteiger charge is 2.39. The molecular formula is C10H11F3O2. The SMILES string of the molecule is O=C(CC(=O)C(F)(F)F)C1=CCCCC1. The molecule has 2 nitrogen and oxygen atoms in total. The maximum atomic E-state index is 11.9. The Morgan fingerprint density at radius 2 is 1.93 bits per heavy atom. The monoisotopic (exact) mass is 220 g/mol. The van der Waals surface area contributed by atoms with Gasteiger partial charge in [-0.3, -0.25) is 9.59 Å². The molecule has 0 atom stereocenters. The Morgan fingerprint density at radius 3 is 2.40 bits per heavy atom. The standard InChI is InChI=1S/C10H11F3O2/c11-10(12,13)9(15)6-8(14)7-4-2-1-3-5-7/h4H,1-3,5-6H2. The molecule has 0 heterocycles. The van der Waals surface area contributed by atoms with Crippen LogP contribution in [0.4, 0.5) is 13.2 Å². The maximum Gasteiger partial charge on any atom is 0.450 e. The number of Topliss-reactive ketones (excluding diaryl/α,β-unsaturated/α-hetero) is 2. The molecule has 0 radical (unpaired) electrons. The van der Waals surface area contributed by atoms with E-state index in [2.05, 4.69) is 0 Å². The Morgan fingerprint density at radius 1 is 1.27 bits per heavy atom. The van der Waals surface area contributed by atoms with Crippen molar-refractivity contribution in [3.8, 4) is 0 Å². The van der Waals surface area contributed by atoms with Crippen molar-refractivity contribution in [3.63, 3.8) is 0 Å². The van der Waals surface area contributed by atoms with E-state index in [1.807, 2.05) is 0 Å². The molecule has 1 rings (SSSR count). The molecule has 84 valence electrons. The van der Waals surface area contributed by atoms with E-state index in [4.69, 9.17) is 0 Å². The van der Waals surface area contributed by atoms with E-state index in [1.54, 1.807) is 6.08 Å². The summed E-state index contributed by atoms with van der Waals surface area (Å²) < 4.78 is 35.6. The summed E-state index contributed by atoms with van der Waals surface area (Å²) in [6.45, 7) is 0. The van der Waals surface area contributed by atoms with Gasteiger partial charge in [0.2, 0.25) is 5.78 Å². The molecule has 0 unspecified atom stereocenters. The number of alkyl halides is 3. The molecule has 1 aliphatic rings. The Hall–Kier alpha value is -1.13. The van der Waals surface area contributed by atoms with Gasteiger partial charge in [0.25, 0.3) is 0 Å². The van der Waals surface area contributed by atoms with Gasteiger partial charge in [-0.25, -0.2) is 0 Å². The Balaban J connectivity index is 2.56. The molecule has 0 fully saturated rings. The fraction of sp³-hybridized carbons (Fsp3) is 0.600. The van der Waals surface area contributed by atoms with Crippen LogP contribution in [-0.4, -0.2) is 17.7 Å². The number of ketones is 2. The first-order valence-corrected chi connectivity index (χ1v) is 4.73. The van der Waals surface area contributed by atoms with Crippen LogP contribution in [0.15, 0.2) is 11.6 Å². The third-order valence-electron chi connectivity index (χ3n) is 2.29. The van der Waals surface area contributed by atoms with Gasteiger partial charge in [0.05, 0.1) is 6.42 Å². The summed E-state index contributed by atoms with van der Waals surface area (Å²) in [5, 5.41) is 0. The highest BCUT2D eigenvalue weighted by atomic mass is 19.4. The average molecular weight is 220 g/mol. The molecule has 0 saturated heterocycles. The van der Waals surface area contributed by atoms with E-state index in [1.165, 1.54) is 0 Å². The summed E-state index contributed by atoms with van der Waals surface area (Å²) in [5.41, 5.74) is 0.374. The van der Waals surface area contributed by atoms with Gasteiger partial charge in [0.15, 0.2) is 5.78 Å². The predicted molar refractivity (Wildman–Crippen MR) is 47.2 cm³/mol. The Bertz CT molecular complexity index is 302. The van der Waals surface area contributed by atoms with Gasteiger partial charge in [0, 0.05) is 0 Å². The second kappa shape index (κ2) is 4.59. The van der Waals surface area contributed by atoms with Crippen LogP contribution in [0.1, 0.15) is 32.1 Å². The van der Waals surface area contributed by atoms with Crippen LogP contribution in [0.25, 0.3) is 0 Å². The normalized spacial score (nSPS) is 17.1. The summed E-state index contributed by atoms with van der Waals surface area (Å²) in [5.74, 6) is -2.64. The highest BCUT2D eigenvalue weighted by Crippen LogP contribution is 2.22. The van der Waals surface area contributed by atoms with Crippen LogP contribution in [0, 0.1) is 0 Å². The molecule has 15 heavy (non-hydrogen) atoms. The minimum atomic E-state index is -4.90. The maximum absolute atomic E-state index is 11.9. The fourth-order valence-corrected chi connectivity index (χ4v) is 1.45.